The summed E-state index contributed by atoms with van der Waals surface area (Å²) in [7, 11) is 0. The molecule has 1 aromatic carbocycles. The second-order valence-electron chi connectivity index (χ2n) is 6.15. The van der Waals surface area contributed by atoms with Crippen LogP contribution in [0, 0.1) is 6.92 Å². The van der Waals surface area contributed by atoms with Gasteiger partial charge in [0, 0.05) is 6.54 Å². The Morgan fingerprint density at radius 1 is 1.26 bits per heavy atom. The predicted molar refractivity (Wildman–Crippen MR) is 89.5 cm³/mol. The second-order valence-corrected chi connectivity index (χ2v) is 6.15. The van der Waals surface area contributed by atoms with Crippen molar-refractivity contribution < 1.29 is 8.83 Å². The van der Waals surface area contributed by atoms with E-state index in [2.05, 4.69) is 22.1 Å². The number of hydrogen-bond donors (Lipinski definition) is 1. The van der Waals surface area contributed by atoms with Gasteiger partial charge in [-0.1, -0.05) is 6.07 Å². The first-order valence-corrected chi connectivity index (χ1v) is 8.18. The summed E-state index contributed by atoms with van der Waals surface area (Å²) in [5.41, 5.74) is 2.89. The first kappa shape index (κ1) is 14.3. The summed E-state index contributed by atoms with van der Waals surface area (Å²) in [5, 5.41) is 3.34. The zero-order valence-electron chi connectivity index (χ0n) is 13.3. The van der Waals surface area contributed by atoms with Gasteiger partial charge < -0.3 is 14.2 Å². The molecule has 1 unspecified atom stereocenters. The van der Waals surface area contributed by atoms with Crippen LogP contribution in [-0.4, -0.2) is 29.5 Å². The van der Waals surface area contributed by atoms with Crippen molar-refractivity contribution in [3.05, 3.63) is 47.9 Å². The van der Waals surface area contributed by atoms with Crippen molar-refractivity contribution in [2.75, 3.05) is 25.0 Å². The third kappa shape index (κ3) is 2.97. The van der Waals surface area contributed by atoms with E-state index in [-0.39, 0.29) is 6.04 Å². The number of benzene rings is 1. The van der Waals surface area contributed by atoms with E-state index >= 15 is 0 Å². The number of nitrogens with one attached hydrogen (secondary N) is 1. The van der Waals surface area contributed by atoms with Crippen molar-refractivity contribution in [2.24, 2.45) is 0 Å². The minimum Gasteiger partial charge on any atom is -0.468 e. The summed E-state index contributed by atoms with van der Waals surface area (Å²) in [4.78, 5) is 6.98. The molecule has 1 fully saturated rings. The summed E-state index contributed by atoms with van der Waals surface area (Å²) in [6.07, 6.45) is 4.24. The molecule has 2 aromatic heterocycles. The van der Waals surface area contributed by atoms with Gasteiger partial charge in [0.25, 0.3) is 6.01 Å². The van der Waals surface area contributed by atoms with Crippen LogP contribution in [0.5, 0.6) is 0 Å². The number of aromatic nitrogens is 1. The van der Waals surface area contributed by atoms with Gasteiger partial charge in [0.2, 0.25) is 0 Å². The van der Waals surface area contributed by atoms with Gasteiger partial charge in [-0.3, -0.25) is 4.90 Å². The molecule has 0 aliphatic carbocycles. The Balaban J connectivity index is 1.52. The van der Waals surface area contributed by atoms with E-state index in [4.69, 9.17) is 8.83 Å². The molecule has 3 aromatic rings. The standard InChI is InChI=1S/C18H21N3O2/c1-13-6-7-16-14(11-13)20-18(23-16)19-12-15(17-5-4-10-22-17)21-8-2-3-9-21/h4-7,10-11,15H,2-3,8-9,12H2,1H3,(H,19,20). The number of aryl methyl sites for hydroxylation is 1. The smallest absolute Gasteiger partial charge is 0.295 e. The van der Waals surface area contributed by atoms with Crippen LogP contribution < -0.4 is 5.32 Å². The number of furan rings is 1. The molecule has 0 bridgehead atoms. The van der Waals surface area contributed by atoms with Crippen LogP contribution in [-0.2, 0) is 0 Å². The van der Waals surface area contributed by atoms with Gasteiger partial charge >= 0.3 is 0 Å². The fourth-order valence-corrected chi connectivity index (χ4v) is 3.24. The average molecular weight is 311 g/mol. The van der Waals surface area contributed by atoms with E-state index in [1.807, 2.05) is 30.3 Å². The van der Waals surface area contributed by atoms with E-state index in [0.717, 1.165) is 36.5 Å². The van der Waals surface area contributed by atoms with Gasteiger partial charge in [-0.05, 0) is 62.7 Å². The quantitative estimate of drug-likeness (QED) is 0.772. The van der Waals surface area contributed by atoms with Gasteiger partial charge in [0.05, 0.1) is 12.3 Å². The minimum atomic E-state index is 0.212. The summed E-state index contributed by atoms with van der Waals surface area (Å²) in [6.45, 7) is 5.00. The van der Waals surface area contributed by atoms with Crippen molar-refractivity contribution >= 4 is 17.1 Å². The van der Waals surface area contributed by atoms with Crippen molar-refractivity contribution in [2.45, 2.75) is 25.8 Å². The summed E-state index contributed by atoms with van der Waals surface area (Å²) < 4.78 is 11.4. The zero-order chi connectivity index (χ0) is 15.6. The Morgan fingerprint density at radius 2 is 2.13 bits per heavy atom. The maximum Gasteiger partial charge on any atom is 0.295 e. The van der Waals surface area contributed by atoms with E-state index in [0.29, 0.717) is 6.01 Å². The number of likely N-dealkylation sites (tertiary alicyclic amines) is 1. The van der Waals surface area contributed by atoms with Gasteiger partial charge in [-0.15, -0.1) is 0 Å². The highest BCUT2D eigenvalue weighted by molar-refractivity contribution is 5.75. The van der Waals surface area contributed by atoms with Crippen molar-refractivity contribution in [1.82, 2.24) is 9.88 Å². The molecule has 0 saturated carbocycles. The topological polar surface area (TPSA) is 54.4 Å². The maximum atomic E-state index is 5.78. The van der Waals surface area contributed by atoms with Crippen LogP contribution in [0.1, 0.15) is 30.2 Å². The number of fused-ring (bicyclic) bond motifs is 1. The van der Waals surface area contributed by atoms with E-state index < -0.39 is 0 Å². The van der Waals surface area contributed by atoms with Crippen molar-refractivity contribution in [3.63, 3.8) is 0 Å². The Kier molecular flexibility index (Phi) is 3.79. The third-order valence-corrected chi connectivity index (χ3v) is 4.44. The van der Waals surface area contributed by atoms with Gasteiger partial charge in [-0.2, -0.15) is 4.98 Å². The van der Waals surface area contributed by atoms with Gasteiger partial charge in [-0.25, -0.2) is 0 Å². The van der Waals surface area contributed by atoms with Crippen LogP contribution in [0.25, 0.3) is 11.1 Å². The number of nitrogens with zero attached hydrogens (tertiary/aromatic N) is 2. The Morgan fingerprint density at radius 3 is 2.91 bits per heavy atom. The van der Waals surface area contributed by atoms with Crippen molar-refractivity contribution in [1.29, 1.82) is 0 Å². The Bertz CT molecular complexity index is 773. The van der Waals surface area contributed by atoms with Crippen LogP contribution in [0.3, 0.4) is 0 Å². The summed E-state index contributed by atoms with van der Waals surface area (Å²) in [6, 6.07) is 10.8. The second kappa shape index (κ2) is 6.08. The molecule has 4 rings (SSSR count). The molecule has 1 aliphatic rings. The molecule has 0 spiro atoms. The fourth-order valence-electron chi connectivity index (χ4n) is 3.24. The lowest BCUT2D eigenvalue weighted by Gasteiger charge is -2.25. The molecular formula is C18H21N3O2. The lowest BCUT2D eigenvalue weighted by Crippen LogP contribution is -2.30. The monoisotopic (exact) mass is 311 g/mol. The third-order valence-electron chi connectivity index (χ3n) is 4.44. The lowest BCUT2D eigenvalue weighted by molar-refractivity contribution is 0.224. The lowest BCUT2D eigenvalue weighted by atomic mass is 10.2. The maximum absolute atomic E-state index is 5.78. The largest absolute Gasteiger partial charge is 0.468 e. The summed E-state index contributed by atoms with van der Waals surface area (Å²) >= 11 is 0. The average Bonchev–Trinajstić information content (AvgIpc) is 3.29. The highest BCUT2D eigenvalue weighted by Gasteiger charge is 2.25. The number of anilines is 1. The molecule has 120 valence electrons. The zero-order valence-corrected chi connectivity index (χ0v) is 13.3. The van der Waals surface area contributed by atoms with E-state index in [1.165, 1.54) is 18.4 Å². The molecule has 1 saturated heterocycles. The molecule has 3 heterocycles. The molecule has 1 aliphatic heterocycles. The van der Waals surface area contributed by atoms with Crippen LogP contribution in [0.15, 0.2) is 45.4 Å². The molecule has 1 N–H and O–H groups in total. The molecule has 5 nitrogen and oxygen atoms in total. The van der Waals surface area contributed by atoms with Gasteiger partial charge in [0.15, 0.2) is 5.58 Å². The molecule has 1 atom stereocenters. The number of rotatable bonds is 5. The number of hydrogen-bond acceptors (Lipinski definition) is 5. The van der Waals surface area contributed by atoms with E-state index in [9.17, 15) is 0 Å². The molecular weight excluding hydrogens is 290 g/mol. The predicted octanol–water partition coefficient (Wildman–Crippen LogP) is 3.98. The Hall–Kier alpha value is -2.27. The normalized spacial score (nSPS) is 16.9. The minimum absolute atomic E-state index is 0.212. The highest BCUT2D eigenvalue weighted by atomic mass is 16.4. The Labute approximate surface area is 135 Å². The van der Waals surface area contributed by atoms with Crippen LogP contribution in [0.4, 0.5) is 6.01 Å². The molecule has 0 radical (unpaired) electrons. The van der Waals surface area contributed by atoms with Crippen LogP contribution in [0.2, 0.25) is 0 Å². The first-order chi connectivity index (χ1) is 11.3. The fraction of sp³-hybridized carbons (Fsp3) is 0.389. The number of oxazole rings is 1. The van der Waals surface area contributed by atoms with Crippen LogP contribution >= 0.6 is 0 Å². The first-order valence-electron chi connectivity index (χ1n) is 8.18. The summed E-state index contributed by atoms with van der Waals surface area (Å²) in [5.74, 6) is 0.992. The molecule has 23 heavy (non-hydrogen) atoms. The highest BCUT2D eigenvalue weighted by Crippen LogP contribution is 2.27. The van der Waals surface area contributed by atoms with Crippen molar-refractivity contribution in [3.8, 4) is 0 Å². The SMILES string of the molecule is Cc1ccc2oc(NCC(c3ccco3)N3CCCC3)nc2c1. The van der Waals surface area contributed by atoms with Gasteiger partial charge in [0.1, 0.15) is 11.3 Å². The molecule has 5 heteroatoms. The van der Waals surface area contributed by atoms with E-state index in [1.54, 1.807) is 6.26 Å². The molecule has 0 amide bonds.